The summed E-state index contributed by atoms with van der Waals surface area (Å²) in [7, 11) is 1.67. The monoisotopic (exact) mass is 460 g/mol. The molecular formula is C26H25ClN4O2. The average molecular weight is 461 g/mol. The standard InChI is InChI=1S/C26H25ClN4O2/c1-33-23-8-5-19(6-9-23)16-29-11-13-30(14-12-29)26(32)24-18-31-17-21(7-10-25(31)28-24)20-3-2-4-22(27)15-20/h2-10,15,17-18H,11-14,16H2,1H3. The van der Waals surface area contributed by atoms with E-state index >= 15 is 0 Å². The van der Waals surface area contributed by atoms with E-state index in [4.69, 9.17) is 16.3 Å². The number of aromatic nitrogens is 2. The van der Waals surface area contributed by atoms with Gasteiger partial charge in [-0.25, -0.2) is 4.98 Å². The Morgan fingerprint density at radius 2 is 1.76 bits per heavy atom. The molecule has 3 heterocycles. The van der Waals surface area contributed by atoms with Crippen molar-refractivity contribution in [2.45, 2.75) is 6.54 Å². The van der Waals surface area contributed by atoms with Gasteiger partial charge < -0.3 is 14.0 Å². The van der Waals surface area contributed by atoms with Crippen LogP contribution in [0.1, 0.15) is 16.1 Å². The van der Waals surface area contributed by atoms with Crippen LogP contribution in [-0.4, -0.2) is 58.4 Å². The number of pyridine rings is 1. The first kappa shape index (κ1) is 21.5. The van der Waals surface area contributed by atoms with Crippen LogP contribution in [0.3, 0.4) is 0 Å². The van der Waals surface area contributed by atoms with Gasteiger partial charge in [-0.2, -0.15) is 0 Å². The summed E-state index contributed by atoms with van der Waals surface area (Å²) in [5, 5.41) is 0.695. The van der Waals surface area contributed by atoms with E-state index < -0.39 is 0 Å². The molecule has 6 nitrogen and oxygen atoms in total. The van der Waals surface area contributed by atoms with Crippen LogP contribution in [-0.2, 0) is 6.54 Å². The van der Waals surface area contributed by atoms with Crippen molar-refractivity contribution in [1.29, 1.82) is 0 Å². The number of amides is 1. The van der Waals surface area contributed by atoms with E-state index in [1.807, 2.05) is 70.2 Å². The van der Waals surface area contributed by atoms with Crippen molar-refractivity contribution >= 4 is 23.2 Å². The first-order valence-electron chi connectivity index (χ1n) is 11.0. The molecule has 0 spiro atoms. The minimum absolute atomic E-state index is 0.0212. The van der Waals surface area contributed by atoms with Gasteiger partial charge in [0.25, 0.3) is 5.91 Å². The molecule has 2 aromatic heterocycles. The minimum Gasteiger partial charge on any atom is -0.497 e. The molecule has 0 radical (unpaired) electrons. The van der Waals surface area contributed by atoms with E-state index in [0.29, 0.717) is 23.8 Å². The highest BCUT2D eigenvalue weighted by atomic mass is 35.5. The second kappa shape index (κ2) is 9.25. The number of nitrogens with zero attached hydrogens (tertiary/aromatic N) is 4. The molecule has 1 saturated heterocycles. The molecule has 0 atom stereocenters. The lowest BCUT2D eigenvalue weighted by molar-refractivity contribution is 0.0623. The highest BCUT2D eigenvalue weighted by Crippen LogP contribution is 2.23. The van der Waals surface area contributed by atoms with Gasteiger partial charge in [0.05, 0.1) is 7.11 Å². The summed E-state index contributed by atoms with van der Waals surface area (Å²) in [5.74, 6) is 0.841. The average Bonchev–Trinajstić information content (AvgIpc) is 3.28. The van der Waals surface area contributed by atoms with Crippen molar-refractivity contribution in [2.75, 3.05) is 33.3 Å². The number of ether oxygens (including phenoxy) is 1. The molecule has 168 valence electrons. The van der Waals surface area contributed by atoms with Gasteiger partial charge in [0.15, 0.2) is 0 Å². The molecule has 0 unspecified atom stereocenters. The van der Waals surface area contributed by atoms with Crippen molar-refractivity contribution in [2.24, 2.45) is 0 Å². The molecule has 0 aliphatic carbocycles. The fourth-order valence-electron chi connectivity index (χ4n) is 4.19. The number of carbonyl (C=O) groups is 1. The second-order valence-electron chi connectivity index (χ2n) is 8.24. The Morgan fingerprint density at radius 1 is 0.970 bits per heavy atom. The van der Waals surface area contributed by atoms with Crippen LogP contribution < -0.4 is 4.74 Å². The SMILES string of the molecule is COc1ccc(CN2CCN(C(=O)c3cn4cc(-c5cccc(Cl)c5)ccc4n3)CC2)cc1. The maximum Gasteiger partial charge on any atom is 0.274 e. The van der Waals surface area contributed by atoms with E-state index in [1.165, 1.54) is 5.56 Å². The van der Waals surface area contributed by atoms with Crippen molar-refractivity contribution < 1.29 is 9.53 Å². The van der Waals surface area contributed by atoms with Crippen LogP contribution in [0.25, 0.3) is 16.8 Å². The third-order valence-corrected chi connectivity index (χ3v) is 6.29. The quantitative estimate of drug-likeness (QED) is 0.436. The molecule has 2 aromatic carbocycles. The van der Waals surface area contributed by atoms with Gasteiger partial charge in [-0.05, 0) is 53.1 Å². The number of piperazine rings is 1. The van der Waals surface area contributed by atoms with Crippen LogP contribution in [0.15, 0.2) is 73.1 Å². The number of methoxy groups -OCH3 is 1. The Bertz CT molecular complexity index is 1280. The Labute approximate surface area is 198 Å². The number of imidazole rings is 1. The zero-order valence-electron chi connectivity index (χ0n) is 18.4. The Hall–Kier alpha value is -3.35. The maximum atomic E-state index is 13.1. The molecule has 0 N–H and O–H groups in total. The lowest BCUT2D eigenvalue weighted by Crippen LogP contribution is -2.48. The number of hydrogen-bond acceptors (Lipinski definition) is 4. The van der Waals surface area contributed by atoms with E-state index in [-0.39, 0.29) is 5.91 Å². The lowest BCUT2D eigenvalue weighted by Gasteiger charge is -2.34. The van der Waals surface area contributed by atoms with Gasteiger partial charge >= 0.3 is 0 Å². The summed E-state index contributed by atoms with van der Waals surface area (Å²) < 4.78 is 7.13. The van der Waals surface area contributed by atoms with E-state index in [1.54, 1.807) is 7.11 Å². The highest BCUT2D eigenvalue weighted by Gasteiger charge is 2.24. The summed E-state index contributed by atoms with van der Waals surface area (Å²) in [4.78, 5) is 21.9. The lowest BCUT2D eigenvalue weighted by atomic mass is 10.1. The molecule has 1 aliphatic rings. The number of carbonyl (C=O) groups excluding carboxylic acids is 1. The molecule has 1 aliphatic heterocycles. The minimum atomic E-state index is -0.0212. The summed E-state index contributed by atoms with van der Waals surface area (Å²) in [6, 6.07) is 19.8. The Morgan fingerprint density at radius 3 is 2.48 bits per heavy atom. The van der Waals surface area contributed by atoms with Gasteiger partial charge in [-0.1, -0.05) is 35.9 Å². The first-order valence-corrected chi connectivity index (χ1v) is 11.4. The van der Waals surface area contributed by atoms with Gasteiger partial charge in [-0.3, -0.25) is 9.69 Å². The number of fused-ring (bicyclic) bond motifs is 1. The van der Waals surface area contributed by atoms with Crippen molar-refractivity contribution in [1.82, 2.24) is 19.2 Å². The van der Waals surface area contributed by atoms with Crippen LogP contribution in [0.5, 0.6) is 5.75 Å². The molecule has 1 fully saturated rings. The summed E-state index contributed by atoms with van der Waals surface area (Å²) in [5.41, 5.74) is 4.52. The van der Waals surface area contributed by atoms with Crippen LogP contribution in [0, 0.1) is 0 Å². The molecule has 33 heavy (non-hydrogen) atoms. The largest absolute Gasteiger partial charge is 0.497 e. The van der Waals surface area contributed by atoms with Crippen LogP contribution >= 0.6 is 11.6 Å². The topological polar surface area (TPSA) is 50.1 Å². The molecular weight excluding hydrogens is 436 g/mol. The smallest absolute Gasteiger partial charge is 0.274 e. The molecule has 7 heteroatoms. The van der Waals surface area contributed by atoms with Gasteiger partial charge in [0.2, 0.25) is 0 Å². The van der Waals surface area contributed by atoms with Crippen molar-refractivity contribution in [3.63, 3.8) is 0 Å². The van der Waals surface area contributed by atoms with Gasteiger partial charge in [0.1, 0.15) is 17.1 Å². The number of hydrogen-bond donors (Lipinski definition) is 0. The van der Waals surface area contributed by atoms with E-state index in [9.17, 15) is 4.79 Å². The zero-order chi connectivity index (χ0) is 22.8. The predicted molar refractivity (Wildman–Crippen MR) is 130 cm³/mol. The number of benzene rings is 2. The van der Waals surface area contributed by atoms with Crippen molar-refractivity contribution in [3.8, 4) is 16.9 Å². The van der Waals surface area contributed by atoms with Crippen molar-refractivity contribution in [3.05, 3.63) is 89.3 Å². The normalized spacial score (nSPS) is 14.5. The van der Waals surface area contributed by atoms with E-state index in [2.05, 4.69) is 22.0 Å². The molecule has 5 rings (SSSR count). The predicted octanol–water partition coefficient (Wildman–Crippen LogP) is 4.62. The first-order chi connectivity index (χ1) is 16.1. The third-order valence-electron chi connectivity index (χ3n) is 6.05. The summed E-state index contributed by atoms with van der Waals surface area (Å²) >= 11 is 6.13. The number of rotatable bonds is 5. The van der Waals surface area contributed by atoms with Gasteiger partial charge in [0, 0.05) is 50.1 Å². The highest BCUT2D eigenvalue weighted by molar-refractivity contribution is 6.30. The fourth-order valence-corrected chi connectivity index (χ4v) is 4.38. The molecule has 1 amide bonds. The molecule has 0 bridgehead atoms. The zero-order valence-corrected chi connectivity index (χ0v) is 19.2. The Balaban J connectivity index is 1.24. The van der Waals surface area contributed by atoms with Crippen LogP contribution in [0.2, 0.25) is 5.02 Å². The molecule has 0 saturated carbocycles. The fraction of sp³-hybridized carbons (Fsp3) is 0.231. The third kappa shape index (κ3) is 4.72. The molecule has 4 aromatic rings. The van der Waals surface area contributed by atoms with E-state index in [0.717, 1.165) is 42.2 Å². The second-order valence-corrected chi connectivity index (χ2v) is 8.67. The Kier molecular flexibility index (Phi) is 6.03. The van der Waals surface area contributed by atoms with Gasteiger partial charge in [-0.15, -0.1) is 0 Å². The van der Waals surface area contributed by atoms with Crippen LogP contribution in [0.4, 0.5) is 0 Å². The maximum absolute atomic E-state index is 13.1. The summed E-state index contributed by atoms with van der Waals surface area (Å²) in [6.45, 7) is 3.92. The summed E-state index contributed by atoms with van der Waals surface area (Å²) in [6.07, 6.45) is 3.80. The number of halogens is 1.